The summed E-state index contributed by atoms with van der Waals surface area (Å²) in [5.41, 5.74) is 7.64. The van der Waals surface area contributed by atoms with Gasteiger partial charge in [-0.3, -0.25) is 4.79 Å². The number of hydrogen-bond donors (Lipinski definition) is 1. The largest absolute Gasteiger partial charge is 0.389 e. The number of rotatable bonds is 2. The van der Waals surface area contributed by atoms with Gasteiger partial charge in [-0.25, -0.2) is 0 Å². The van der Waals surface area contributed by atoms with E-state index in [1.165, 1.54) is 0 Å². The fourth-order valence-corrected chi connectivity index (χ4v) is 2.46. The summed E-state index contributed by atoms with van der Waals surface area (Å²) < 4.78 is 0. The highest BCUT2D eigenvalue weighted by molar-refractivity contribution is 7.80. The van der Waals surface area contributed by atoms with Crippen LogP contribution in [0.1, 0.15) is 18.9 Å². The molecule has 1 aliphatic rings. The lowest BCUT2D eigenvalue weighted by molar-refractivity contribution is -0.128. The van der Waals surface area contributed by atoms with Gasteiger partial charge in [0.15, 0.2) is 0 Å². The van der Waals surface area contributed by atoms with Gasteiger partial charge >= 0.3 is 0 Å². The zero-order chi connectivity index (χ0) is 13.8. The first-order valence-electron chi connectivity index (χ1n) is 6.48. The SMILES string of the molecule is CC(=O)N1CCCN(c2ccc(C(N)=S)cc2)CC1. The molecule has 0 atom stereocenters. The Labute approximate surface area is 119 Å². The van der Waals surface area contributed by atoms with E-state index in [0.29, 0.717) is 4.99 Å². The fourth-order valence-electron chi connectivity index (χ4n) is 2.33. The first-order chi connectivity index (χ1) is 9.08. The first kappa shape index (κ1) is 13.8. The molecule has 1 aromatic rings. The minimum Gasteiger partial charge on any atom is -0.389 e. The predicted octanol–water partition coefficient (Wildman–Crippen LogP) is 1.38. The maximum absolute atomic E-state index is 11.4. The summed E-state index contributed by atoms with van der Waals surface area (Å²) in [7, 11) is 0. The number of amides is 1. The van der Waals surface area contributed by atoms with Crippen LogP contribution < -0.4 is 10.6 Å². The number of thiocarbonyl (C=S) groups is 1. The maximum Gasteiger partial charge on any atom is 0.219 e. The summed E-state index contributed by atoms with van der Waals surface area (Å²) >= 11 is 4.95. The molecule has 19 heavy (non-hydrogen) atoms. The molecule has 102 valence electrons. The molecule has 0 aromatic heterocycles. The van der Waals surface area contributed by atoms with Crippen LogP contribution in [0.4, 0.5) is 5.69 Å². The summed E-state index contributed by atoms with van der Waals surface area (Å²) in [5.74, 6) is 0.158. The second kappa shape index (κ2) is 6.02. The number of hydrogen-bond acceptors (Lipinski definition) is 3. The number of nitrogens with two attached hydrogens (primary N) is 1. The average molecular weight is 277 g/mol. The van der Waals surface area contributed by atoms with E-state index in [1.807, 2.05) is 29.2 Å². The van der Waals surface area contributed by atoms with Crippen molar-refractivity contribution in [2.75, 3.05) is 31.1 Å². The summed E-state index contributed by atoms with van der Waals surface area (Å²) in [6.07, 6.45) is 0.997. The summed E-state index contributed by atoms with van der Waals surface area (Å²) in [5, 5.41) is 0. The Bertz CT molecular complexity index is 472. The molecular weight excluding hydrogens is 258 g/mol. The standard InChI is InChI=1S/C14H19N3OS/c1-11(18)16-7-2-8-17(10-9-16)13-5-3-12(4-6-13)14(15)19/h3-6H,2,7-10H2,1H3,(H2,15,19). The molecule has 1 heterocycles. The highest BCUT2D eigenvalue weighted by Crippen LogP contribution is 2.17. The molecular formula is C14H19N3OS. The Kier molecular flexibility index (Phi) is 4.37. The zero-order valence-electron chi connectivity index (χ0n) is 11.1. The van der Waals surface area contributed by atoms with Crippen LogP contribution in [0.25, 0.3) is 0 Å². The topological polar surface area (TPSA) is 49.6 Å². The van der Waals surface area contributed by atoms with E-state index < -0.39 is 0 Å². The van der Waals surface area contributed by atoms with Crippen LogP contribution in [0.15, 0.2) is 24.3 Å². The normalized spacial score (nSPS) is 16.1. The van der Waals surface area contributed by atoms with Crippen LogP contribution in [0.2, 0.25) is 0 Å². The Morgan fingerprint density at radius 3 is 2.42 bits per heavy atom. The van der Waals surface area contributed by atoms with Crippen LogP contribution >= 0.6 is 12.2 Å². The van der Waals surface area contributed by atoms with Crippen LogP contribution in [0, 0.1) is 0 Å². The number of anilines is 1. The van der Waals surface area contributed by atoms with Gasteiger partial charge < -0.3 is 15.5 Å². The molecule has 1 aliphatic heterocycles. The Balaban J connectivity index is 2.05. The number of carbonyl (C=O) groups is 1. The molecule has 0 bridgehead atoms. The Morgan fingerprint density at radius 1 is 1.16 bits per heavy atom. The van der Waals surface area contributed by atoms with Gasteiger partial charge in [-0.1, -0.05) is 12.2 Å². The van der Waals surface area contributed by atoms with E-state index in [1.54, 1.807) is 6.92 Å². The van der Waals surface area contributed by atoms with Gasteiger partial charge in [0.25, 0.3) is 0 Å². The quantitative estimate of drug-likeness (QED) is 0.830. The molecule has 5 heteroatoms. The smallest absolute Gasteiger partial charge is 0.219 e. The van der Waals surface area contributed by atoms with E-state index in [2.05, 4.69) is 4.90 Å². The van der Waals surface area contributed by atoms with Crippen molar-refractivity contribution < 1.29 is 4.79 Å². The molecule has 0 spiro atoms. The molecule has 0 aliphatic carbocycles. The molecule has 2 N–H and O–H groups in total. The Hall–Kier alpha value is -1.62. The number of benzene rings is 1. The number of carbonyl (C=O) groups excluding carboxylic acids is 1. The molecule has 1 fully saturated rings. The van der Waals surface area contributed by atoms with Gasteiger partial charge in [-0.2, -0.15) is 0 Å². The zero-order valence-corrected chi connectivity index (χ0v) is 11.9. The minimum atomic E-state index is 0.158. The predicted molar refractivity (Wildman–Crippen MR) is 81.4 cm³/mol. The lowest BCUT2D eigenvalue weighted by Gasteiger charge is -2.23. The van der Waals surface area contributed by atoms with Crippen molar-refractivity contribution in [1.82, 2.24) is 4.90 Å². The second-order valence-electron chi connectivity index (χ2n) is 4.76. The molecule has 2 rings (SSSR count). The Morgan fingerprint density at radius 2 is 1.84 bits per heavy atom. The van der Waals surface area contributed by atoms with E-state index in [4.69, 9.17) is 18.0 Å². The van der Waals surface area contributed by atoms with Crippen LogP contribution in [-0.4, -0.2) is 42.0 Å². The highest BCUT2D eigenvalue weighted by atomic mass is 32.1. The molecule has 1 amide bonds. The van der Waals surface area contributed by atoms with Crippen molar-refractivity contribution in [3.8, 4) is 0 Å². The van der Waals surface area contributed by atoms with Crippen molar-refractivity contribution in [3.63, 3.8) is 0 Å². The van der Waals surface area contributed by atoms with Crippen LogP contribution in [-0.2, 0) is 4.79 Å². The van der Waals surface area contributed by atoms with Gasteiger partial charge in [-0.05, 0) is 30.7 Å². The van der Waals surface area contributed by atoms with Gasteiger partial charge in [0.1, 0.15) is 4.99 Å². The monoisotopic (exact) mass is 277 g/mol. The lowest BCUT2D eigenvalue weighted by atomic mass is 10.2. The van der Waals surface area contributed by atoms with Crippen LogP contribution in [0.5, 0.6) is 0 Å². The molecule has 0 saturated carbocycles. The van der Waals surface area contributed by atoms with E-state index in [0.717, 1.165) is 43.9 Å². The fraction of sp³-hybridized carbons (Fsp3) is 0.429. The average Bonchev–Trinajstić information content (AvgIpc) is 2.64. The summed E-state index contributed by atoms with van der Waals surface area (Å²) in [6, 6.07) is 7.98. The molecule has 1 aromatic carbocycles. The van der Waals surface area contributed by atoms with Crippen molar-refractivity contribution in [2.24, 2.45) is 5.73 Å². The van der Waals surface area contributed by atoms with Gasteiger partial charge in [0.2, 0.25) is 5.91 Å². The lowest BCUT2D eigenvalue weighted by Crippen LogP contribution is -2.33. The van der Waals surface area contributed by atoms with Crippen molar-refractivity contribution >= 4 is 28.8 Å². The first-order valence-corrected chi connectivity index (χ1v) is 6.89. The van der Waals surface area contributed by atoms with Gasteiger partial charge in [0, 0.05) is 44.4 Å². The second-order valence-corrected chi connectivity index (χ2v) is 5.20. The van der Waals surface area contributed by atoms with Crippen molar-refractivity contribution in [1.29, 1.82) is 0 Å². The summed E-state index contributed by atoms with van der Waals surface area (Å²) in [4.78, 5) is 16.0. The van der Waals surface area contributed by atoms with Crippen LogP contribution in [0.3, 0.4) is 0 Å². The van der Waals surface area contributed by atoms with Crippen molar-refractivity contribution in [3.05, 3.63) is 29.8 Å². The third kappa shape index (κ3) is 3.44. The van der Waals surface area contributed by atoms with Gasteiger partial charge in [0.05, 0.1) is 0 Å². The van der Waals surface area contributed by atoms with E-state index >= 15 is 0 Å². The highest BCUT2D eigenvalue weighted by Gasteiger charge is 2.16. The third-order valence-corrected chi connectivity index (χ3v) is 3.69. The van der Waals surface area contributed by atoms with E-state index in [9.17, 15) is 4.79 Å². The van der Waals surface area contributed by atoms with E-state index in [-0.39, 0.29) is 5.91 Å². The molecule has 1 saturated heterocycles. The van der Waals surface area contributed by atoms with Crippen molar-refractivity contribution in [2.45, 2.75) is 13.3 Å². The molecule has 0 radical (unpaired) electrons. The molecule has 4 nitrogen and oxygen atoms in total. The number of nitrogens with zero attached hydrogens (tertiary/aromatic N) is 2. The van der Waals surface area contributed by atoms with Gasteiger partial charge in [-0.15, -0.1) is 0 Å². The summed E-state index contributed by atoms with van der Waals surface area (Å²) in [6.45, 7) is 5.10. The minimum absolute atomic E-state index is 0.158. The molecule has 0 unspecified atom stereocenters. The third-order valence-electron chi connectivity index (χ3n) is 3.46. The maximum atomic E-state index is 11.4.